The van der Waals surface area contributed by atoms with Crippen molar-refractivity contribution < 1.29 is 28.2 Å². The lowest BCUT2D eigenvalue weighted by Crippen LogP contribution is -2.21. The number of methoxy groups -OCH3 is 1. The fraction of sp³-hybridized carbons (Fsp3) is 0.192. The van der Waals surface area contributed by atoms with Crippen LogP contribution in [0.15, 0.2) is 60.7 Å². The van der Waals surface area contributed by atoms with Gasteiger partial charge in [-0.2, -0.15) is 0 Å². The third-order valence-electron chi connectivity index (χ3n) is 5.56. The summed E-state index contributed by atoms with van der Waals surface area (Å²) in [7, 11) is 1.52. The molecular weight excluding hydrogens is 439 g/mol. The van der Waals surface area contributed by atoms with Crippen LogP contribution in [0.25, 0.3) is 0 Å². The molecule has 2 amide bonds. The number of ether oxygens (including phenoxy) is 2. The van der Waals surface area contributed by atoms with Crippen LogP contribution in [0.3, 0.4) is 0 Å². The minimum Gasteiger partial charge on any atom is -0.495 e. The summed E-state index contributed by atoms with van der Waals surface area (Å²) in [6.07, 6.45) is 0.218. The number of para-hydroxylation sites is 2. The third-order valence-corrected chi connectivity index (χ3v) is 5.56. The average Bonchev–Trinajstić information content (AvgIpc) is 3.14. The molecule has 0 saturated carbocycles. The first kappa shape index (κ1) is 23.0. The molecule has 1 aliphatic rings. The van der Waals surface area contributed by atoms with Gasteiger partial charge < -0.3 is 20.1 Å². The molecule has 0 radical (unpaired) electrons. The Labute approximate surface area is 195 Å². The number of fused-ring (bicyclic) bond motifs is 1. The molecule has 0 heterocycles. The predicted octanol–water partition coefficient (Wildman–Crippen LogP) is 4.79. The highest BCUT2D eigenvalue weighted by atomic mass is 19.1. The van der Waals surface area contributed by atoms with E-state index >= 15 is 0 Å². The van der Waals surface area contributed by atoms with Gasteiger partial charge in [-0.3, -0.25) is 14.4 Å². The molecular formula is C26H23FN2O5. The Morgan fingerprint density at radius 3 is 2.47 bits per heavy atom. The lowest BCUT2D eigenvalue weighted by molar-refractivity contribution is -0.118. The maximum atomic E-state index is 14.1. The number of hydrogen-bond donors (Lipinski definition) is 2. The van der Waals surface area contributed by atoms with Crippen molar-refractivity contribution in [1.82, 2.24) is 0 Å². The number of Topliss-reactive ketones (excluding diaryl/α,β-unsaturated/α-hetero) is 1. The van der Waals surface area contributed by atoms with Crippen LogP contribution in [-0.4, -0.2) is 31.3 Å². The summed E-state index contributed by atoms with van der Waals surface area (Å²) in [5, 5.41) is 5.45. The van der Waals surface area contributed by atoms with Crippen LogP contribution in [0.4, 0.5) is 15.8 Å². The minimum atomic E-state index is -0.456. The number of hydrogen-bond acceptors (Lipinski definition) is 5. The van der Waals surface area contributed by atoms with Crippen molar-refractivity contribution in [2.24, 2.45) is 0 Å². The molecule has 7 nitrogen and oxygen atoms in total. The Balaban J connectivity index is 1.36. The fourth-order valence-corrected chi connectivity index (χ4v) is 3.93. The monoisotopic (exact) mass is 462 g/mol. The van der Waals surface area contributed by atoms with E-state index in [0.717, 1.165) is 0 Å². The first-order valence-corrected chi connectivity index (χ1v) is 10.7. The van der Waals surface area contributed by atoms with Gasteiger partial charge in [-0.05, 0) is 54.4 Å². The lowest BCUT2D eigenvalue weighted by atomic mass is 10.0. The quantitative estimate of drug-likeness (QED) is 0.526. The van der Waals surface area contributed by atoms with E-state index in [1.165, 1.54) is 19.2 Å². The zero-order chi connectivity index (χ0) is 24.2. The van der Waals surface area contributed by atoms with Gasteiger partial charge in [0.1, 0.15) is 17.3 Å². The minimum absolute atomic E-state index is 0.195. The molecule has 0 fully saturated rings. The van der Waals surface area contributed by atoms with E-state index in [2.05, 4.69) is 10.6 Å². The van der Waals surface area contributed by atoms with E-state index in [0.29, 0.717) is 28.3 Å². The smallest absolute Gasteiger partial charge is 0.262 e. The molecule has 0 bridgehead atoms. The third kappa shape index (κ3) is 4.76. The fourth-order valence-electron chi connectivity index (χ4n) is 3.93. The standard InChI is InChI=1S/C26H23FN2O5/c1-15-13-20(30)25-22(12-11-18(27)24(15)25)34-14-23(31)28-17-9-7-16(8-10-17)26(32)29-19-5-3-4-6-21(19)33-2/h3-12,15H,13-14H2,1-2H3,(H,28,31)(H,29,32)/t15-/m1/s1. The van der Waals surface area contributed by atoms with Crippen molar-refractivity contribution in [3.63, 3.8) is 0 Å². The van der Waals surface area contributed by atoms with Crippen molar-refractivity contribution in [2.75, 3.05) is 24.4 Å². The van der Waals surface area contributed by atoms with Crippen molar-refractivity contribution in [1.29, 1.82) is 0 Å². The summed E-state index contributed by atoms with van der Waals surface area (Å²) in [6, 6.07) is 16.0. The number of carbonyl (C=O) groups excluding carboxylic acids is 3. The van der Waals surface area contributed by atoms with Gasteiger partial charge in [-0.1, -0.05) is 19.1 Å². The summed E-state index contributed by atoms with van der Waals surface area (Å²) in [6.45, 7) is 1.43. The van der Waals surface area contributed by atoms with E-state index in [4.69, 9.17) is 9.47 Å². The Morgan fingerprint density at radius 1 is 1.00 bits per heavy atom. The summed E-state index contributed by atoms with van der Waals surface area (Å²) in [5.74, 6) is -0.900. The second kappa shape index (κ2) is 9.74. The van der Waals surface area contributed by atoms with Gasteiger partial charge in [-0.15, -0.1) is 0 Å². The van der Waals surface area contributed by atoms with Crippen molar-refractivity contribution >= 4 is 29.0 Å². The highest BCUT2D eigenvalue weighted by Crippen LogP contribution is 2.39. The van der Waals surface area contributed by atoms with Crippen LogP contribution in [0.5, 0.6) is 11.5 Å². The number of carbonyl (C=O) groups is 3. The lowest BCUT2D eigenvalue weighted by Gasteiger charge is -2.12. The molecule has 3 aromatic carbocycles. The second-order valence-electron chi connectivity index (χ2n) is 7.93. The SMILES string of the molecule is COc1ccccc1NC(=O)c1ccc(NC(=O)COc2ccc(F)c3c2C(=O)C[C@H]3C)cc1. The normalized spacial score (nSPS) is 14.3. The Morgan fingerprint density at radius 2 is 1.74 bits per heavy atom. The highest BCUT2D eigenvalue weighted by molar-refractivity contribution is 6.05. The van der Waals surface area contributed by atoms with Crippen LogP contribution >= 0.6 is 0 Å². The Hall–Kier alpha value is -4.20. The van der Waals surface area contributed by atoms with E-state index in [1.807, 2.05) is 0 Å². The summed E-state index contributed by atoms with van der Waals surface area (Å²) in [4.78, 5) is 37.1. The van der Waals surface area contributed by atoms with Crippen LogP contribution in [0.2, 0.25) is 0 Å². The summed E-state index contributed by atoms with van der Waals surface area (Å²) in [5.41, 5.74) is 1.96. The van der Waals surface area contributed by atoms with Crippen LogP contribution in [0.1, 0.15) is 45.5 Å². The highest BCUT2D eigenvalue weighted by Gasteiger charge is 2.32. The van der Waals surface area contributed by atoms with Gasteiger partial charge in [0.25, 0.3) is 11.8 Å². The molecule has 1 aliphatic carbocycles. The van der Waals surface area contributed by atoms with E-state index in [-0.39, 0.29) is 41.9 Å². The van der Waals surface area contributed by atoms with Crippen molar-refractivity contribution in [2.45, 2.75) is 19.3 Å². The van der Waals surface area contributed by atoms with Gasteiger partial charge >= 0.3 is 0 Å². The number of halogens is 1. The molecule has 0 spiro atoms. The van der Waals surface area contributed by atoms with Gasteiger partial charge in [0.2, 0.25) is 0 Å². The summed E-state index contributed by atoms with van der Waals surface area (Å²) < 4.78 is 24.9. The number of nitrogens with one attached hydrogen (secondary N) is 2. The molecule has 0 aromatic heterocycles. The Bertz CT molecular complexity index is 1260. The van der Waals surface area contributed by atoms with Gasteiger partial charge in [0.15, 0.2) is 12.4 Å². The number of amides is 2. The van der Waals surface area contributed by atoms with E-state index in [9.17, 15) is 18.8 Å². The number of benzene rings is 3. The molecule has 174 valence electrons. The molecule has 4 rings (SSSR count). The first-order valence-electron chi connectivity index (χ1n) is 10.7. The first-order chi connectivity index (χ1) is 16.4. The number of ketones is 1. The van der Waals surface area contributed by atoms with Crippen molar-refractivity contribution in [3.8, 4) is 11.5 Å². The van der Waals surface area contributed by atoms with Crippen molar-refractivity contribution in [3.05, 3.63) is 83.2 Å². The van der Waals surface area contributed by atoms with Gasteiger partial charge in [0.05, 0.1) is 18.4 Å². The zero-order valence-corrected chi connectivity index (χ0v) is 18.7. The maximum absolute atomic E-state index is 14.1. The average molecular weight is 462 g/mol. The molecule has 0 unspecified atom stereocenters. The molecule has 34 heavy (non-hydrogen) atoms. The van der Waals surface area contributed by atoms with Gasteiger partial charge in [0, 0.05) is 23.2 Å². The second-order valence-corrected chi connectivity index (χ2v) is 7.93. The molecule has 1 atom stereocenters. The maximum Gasteiger partial charge on any atom is 0.262 e. The topological polar surface area (TPSA) is 93.7 Å². The molecule has 2 N–H and O–H groups in total. The van der Waals surface area contributed by atoms with E-state index in [1.54, 1.807) is 55.5 Å². The summed E-state index contributed by atoms with van der Waals surface area (Å²) >= 11 is 0. The predicted molar refractivity (Wildman–Crippen MR) is 125 cm³/mol. The molecule has 0 aliphatic heterocycles. The van der Waals surface area contributed by atoms with Crippen LogP contribution < -0.4 is 20.1 Å². The molecule has 8 heteroatoms. The largest absolute Gasteiger partial charge is 0.495 e. The zero-order valence-electron chi connectivity index (χ0n) is 18.7. The van der Waals surface area contributed by atoms with Crippen LogP contribution in [0, 0.1) is 5.82 Å². The number of rotatable bonds is 7. The van der Waals surface area contributed by atoms with Crippen LogP contribution in [-0.2, 0) is 4.79 Å². The van der Waals surface area contributed by atoms with Gasteiger partial charge in [-0.25, -0.2) is 4.39 Å². The molecule has 0 saturated heterocycles. The molecule has 3 aromatic rings. The van der Waals surface area contributed by atoms with E-state index < -0.39 is 11.7 Å². The Kier molecular flexibility index (Phi) is 6.58. The number of anilines is 2.